The SMILES string of the molecule is CC(=O)N1c2ccc(-c3cnn(CC(C)(C)O)c3)cc2N(C(=O)OC(C)C)CC1C. The Bertz CT molecular complexity index is 945. The average molecular weight is 415 g/mol. The van der Waals surface area contributed by atoms with E-state index in [9.17, 15) is 14.7 Å². The highest BCUT2D eigenvalue weighted by atomic mass is 16.6. The molecule has 8 nitrogen and oxygen atoms in total. The maximum Gasteiger partial charge on any atom is 0.414 e. The van der Waals surface area contributed by atoms with E-state index in [1.807, 2.05) is 45.2 Å². The molecule has 1 unspecified atom stereocenters. The van der Waals surface area contributed by atoms with E-state index in [-0.39, 0.29) is 18.1 Å². The van der Waals surface area contributed by atoms with Crippen LogP contribution in [-0.4, -0.2) is 51.2 Å². The second kappa shape index (κ2) is 8.10. The predicted molar refractivity (Wildman–Crippen MR) is 116 cm³/mol. The quantitative estimate of drug-likeness (QED) is 0.828. The first kappa shape index (κ1) is 21.8. The van der Waals surface area contributed by atoms with Crippen molar-refractivity contribution in [2.75, 3.05) is 16.3 Å². The molecule has 2 aromatic rings. The number of amides is 2. The summed E-state index contributed by atoms with van der Waals surface area (Å²) in [5, 5.41) is 14.4. The van der Waals surface area contributed by atoms with E-state index in [0.717, 1.165) is 11.1 Å². The Morgan fingerprint density at radius 1 is 1.27 bits per heavy atom. The molecule has 0 fully saturated rings. The molecule has 1 atom stereocenters. The van der Waals surface area contributed by atoms with Crippen molar-refractivity contribution in [3.8, 4) is 11.1 Å². The number of aromatic nitrogens is 2. The molecule has 0 saturated heterocycles. The normalized spacial score (nSPS) is 16.6. The fourth-order valence-corrected chi connectivity index (χ4v) is 3.72. The van der Waals surface area contributed by atoms with Gasteiger partial charge in [-0.2, -0.15) is 5.10 Å². The molecular weight excluding hydrogens is 384 g/mol. The highest BCUT2D eigenvalue weighted by Gasteiger charge is 2.34. The summed E-state index contributed by atoms with van der Waals surface area (Å²) >= 11 is 0. The smallest absolute Gasteiger partial charge is 0.414 e. The first-order chi connectivity index (χ1) is 14.0. The Balaban J connectivity index is 2.02. The highest BCUT2D eigenvalue weighted by molar-refractivity contribution is 6.03. The van der Waals surface area contributed by atoms with Crippen LogP contribution in [0.15, 0.2) is 30.6 Å². The molecule has 1 aromatic heterocycles. The number of carbonyl (C=O) groups excluding carboxylic acids is 2. The molecule has 0 spiro atoms. The van der Waals surface area contributed by atoms with Crippen LogP contribution >= 0.6 is 0 Å². The van der Waals surface area contributed by atoms with Gasteiger partial charge in [0.1, 0.15) is 0 Å². The summed E-state index contributed by atoms with van der Waals surface area (Å²) in [6.45, 7) is 11.2. The fourth-order valence-electron chi connectivity index (χ4n) is 3.72. The van der Waals surface area contributed by atoms with Crippen LogP contribution in [0.25, 0.3) is 11.1 Å². The minimum atomic E-state index is -0.880. The number of hydrogen-bond donors (Lipinski definition) is 1. The van der Waals surface area contributed by atoms with E-state index < -0.39 is 11.7 Å². The van der Waals surface area contributed by atoms with Gasteiger partial charge in [0, 0.05) is 25.2 Å². The lowest BCUT2D eigenvalue weighted by atomic mass is 10.0. The number of rotatable bonds is 4. The van der Waals surface area contributed by atoms with Crippen molar-refractivity contribution in [3.63, 3.8) is 0 Å². The molecule has 0 bridgehead atoms. The number of aliphatic hydroxyl groups is 1. The maximum atomic E-state index is 12.8. The molecule has 2 amide bonds. The summed E-state index contributed by atoms with van der Waals surface area (Å²) in [6, 6.07) is 5.47. The van der Waals surface area contributed by atoms with Gasteiger partial charge < -0.3 is 14.7 Å². The average Bonchev–Trinajstić information content (AvgIpc) is 3.06. The van der Waals surface area contributed by atoms with Gasteiger partial charge in [-0.25, -0.2) is 4.79 Å². The maximum absolute atomic E-state index is 12.8. The monoisotopic (exact) mass is 414 g/mol. The van der Waals surface area contributed by atoms with Crippen LogP contribution in [-0.2, 0) is 16.1 Å². The number of hydrogen-bond acceptors (Lipinski definition) is 5. The number of carbonyl (C=O) groups is 2. The third-order valence-electron chi connectivity index (χ3n) is 4.82. The van der Waals surface area contributed by atoms with Crippen molar-refractivity contribution in [2.24, 2.45) is 0 Å². The standard InChI is InChI=1S/C22H30N4O4/c1-14(2)30-21(28)25-11-15(3)26(16(4)27)19-8-7-17(9-20(19)25)18-10-23-24(12-18)13-22(5,6)29/h7-10,12,14-15,29H,11,13H2,1-6H3. The molecule has 30 heavy (non-hydrogen) atoms. The van der Waals surface area contributed by atoms with Gasteiger partial charge in [-0.3, -0.25) is 14.4 Å². The number of fused-ring (bicyclic) bond motifs is 1. The summed E-state index contributed by atoms with van der Waals surface area (Å²) in [5.74, 6) is -0.0774. The van der Waals surface area contributed by atoms with Crippen molar-refractivity contribution in [3.05, 3.63) is 30.6 Å². The van der Waals surface area contributed by atoms with E-state index in [1.165, 1.54) is 6.92 Å². The highest BCUT2D eigenvalue weighted by Crippen LogP contribution is 2.39. The van der Waals surface area contributed by atoms with Crippen molar-refractivity contribution in [2.45, 2.75) is 65.8 Å². The van der Waals surface area contributed by atoms with Crippen molar-refractivity contribution in [1.29, 1.82) is 0 Å². The molecule has 2 heterocycles. The predicted octanol–water partition coefficient (Wildman–Crippen LogP) is 3.43. The largest absolute Gasteiger partial charge is 0.446 e. The van der Waals surface area contributed by atoms with Crippen molar-refractivity contribution in [1.82, 2.24) is 9.78 Å². The Hall–Kier alpha value is -2.87. The first-order valence-corrected chi connectivity index (χ1v) is 10.1. The topological polar surface area (TPSA) is 87.9 Å². The number of nitrogens with zero attached hydrogens (tertiary/aromatic N) is 4. The molecule has 8 heteroatoms. The van der Waals surface area contributed by atoms with Crippen LogP contribution in [0.2, 0.25) is 0 Å². The lowest BCUT2D eigenvalue weighted by molar-refractivity contribution is -0.117. The van der Waals surface area contributed by atoms with Gasteiger partial charge in [-0.05, 0) is 52.3 Å². The zero-order valence-corrected chi connectivity index (χ0v) is 18.4. The molecular formula is C22H30N4O4. The summed E-state index contributed by atoms with van der Waals surface area (Å²) in [5.41, 5.74) is 2.13. The lowest BCUT2D eigenvalue weighted by Gasteiger charge is -2.40. The third kappa shape index (κ3) is 4.64. The molecule has 1 aliphatic rings. The van der Waals surface area contributed by atoms with Crippen molar-refractivity contribution < 1.29 is 19.4 Å². The number of benzene rings is 1. The molecule has 1 aliphatic heterocycles. The van der Waals surface area contributed by atoms with E-state index >= 15 is 0 Å². The molecule has 0 radical (unpaired) electrons. The summed E-state index contributed by atoms with van der Waals surface area (Å²) in [7, 11) is 0. The van der Waals surface area contributed by atoms with Gasteiger partial charge in [0.15, 0.2) is 0 Å². The van der Waals surface area contributed by atoms with Crippen LogP contribution < -0.4 is 9.80 Å². The van der Waals surface area contributed by atoms with Crippen LogP contribution in [0.1, 0.15) is 41.5 Å². The minimum Gasteiger partial charge on any atom is -0.446 e. The van der Waals surface area contributed by atoms with Gasteiger partial charge in [-0.1, -0.05) is 6.07 Å². The van der Waals surface area contributed by atoms with Crippen LogP contribution in [0, 0.1) is 0 Å². The minimum absolute atomic E-state index is 0.0774. The molecule has 0 saturated carbocycles. The van der Waals surface area contributed by atoms with Gasteiger partial charge in [0.05, 0.1) is 41.9 Å². The second-order valence-corrected chi connectivity index (χ2v) is 8.72. The van der Waals surface area contributed by atoms with Gasteiger partial charge in [0.25, 0.3) is 0 Å². The van der Waals surface area contributed by atoms with E-state index in [4.69, 9.17) is 4.74 Å². The van der Waals surface area contributed by atoms with Crippen molar-refractivity contribution >= 4 is 23.4 Å². The number of ether oxygens (including phenoxy) is 1. The lowest BCUT2D eigenvalue weighted by Crippen LogP contribution is -2.51. The molecule has 3 rings (SSSR count). The van der Waals surface area contributed by atoms with Gasteiger partial charge in [-0.15, -0.1) is 0 Å². The fraction of sp³-hybridized carbons (Fsp3) is 0.500. The molecule has 1 N–H and O–H groups in total. The van der Waals surface area contributed by atoms with Crippen LogP contribution in [0.4, 0.5) is 16.2 Å². The molecule has 0 aliphatic carbocycles. The van der Waals surface area contributed by atoms with E-state index in [0.29, 0.717) is 24.5 Å². The summed E-state index contributed by atoms with van der Waals surface area (Å²) in [4.78, 5) is 28.3. The zero-order chi connectivity index (χ0) is 22.2. The third-order valence-corrected chi connectivity index (χ3v) is 4.82. The summed E-state index contributed by atoms with van der Waals surface area (Å²) < 4.78 is 7.12. The Kier molecular flexibility index (Phi) is 5.90. The Labute approximate surface area is 177 Å². The Morgan fingerprint density at radius 2 is 1.97 bits per heavy atom. The Morgan fingerprint density at radius 3 is 2.57 bits per heavy atom. The first-order valence-electron chi connectivity index (χ1n) is 10.1. The summed E-state index contributed by atoms with van der Waals surface area (Å²) in [6.07, 6.45) is 2.89. The molecule has 1 aromatic carbocycles. The second-order valence-electron chi connectivity index (χ2n) is 8.72. The van der Waals surface area contributed by atoms with E-state index in [1.54, 1.807) is 34.5 Å². The van der Waals surface area contributed by atoms with Crippen LogP contribution in [0.5, 0.6) is 0 Å². The van der Waals surface area contributed by atoms with Gasteiger partial charge in [0.2, 0.25) is 5.91 Å². The zero-order valence-electron chi connectivity index (χ0n) is 18.4. The number of anilines is 2. The van der Waals surface area contributed by atoms with E-state index in [2.05, 4.69) is 5.10 Å². The molecule has 162 valence electrons. The van der Waals surface area contributed by atoms with Crippen LogP contribution in [0.3, 0.4) is 0 Å². The van der Waals surface area contributed by atoms with Gasteiger partial charge >= 0.3 is 6.09 Å².